The monoisotopic (exact) mass is 340 g/mol. The fourth-order valence-electron chi connectivity index (χ4n) is 3.62. The minimum atomic E-state index is -0.358. The molecular formula is C19H24N4S. The predicted octanol–water partition coefficient (Wildman–Crippen LogP) is 3.51. The Morgan fingerprint density at radius 1 is 1.29 bits per heavy atom. The standard InChI is InChI=1S/C19H24N4S/c1-20-18(24)19(11-7-6-10-17(19)22-23(2)3)15-12-14-8-4-5-9-16(14)21-13-15/h4-5,8-9,12-13H,6-7,10-11H2,1-3H3,(H,20,24). The maximum absolute atomic E-state index is 5.78. The maximum Gasteiger partial charge on any atom is 0.0916 e. The lowest BCUT2D eigenvalue weighted by Gasteiger charge is -2.39. The van der Waals surface area contributed by atoms with E-state index in [1.807, 2.05) is 50.5 Å². The first kappa shape index (κ1) is 16.8. The van der Waals surface area contributed by atoms with Crippen LogP contribution < -0.4 is 5.32 Å². The van der Waals surface area contributed by atoms with Gasteiger partial charge in [-0.05, 0) is 37.0 Å². The fourth-order valence-corrected chi connectivity index (χ4v) is 3.96. The number of thiocarbonyl (C=S) groups is 1. The summed E-state index contributed by atoms with van der Waals surface area (Å²) in [5.41, 5.74) is 2.92. The Morgan fingerprint density at radius 2 is 2.08 bits per heavy atom. The zero-order chi connectivity index (χ0) is 17.2. The van der Waals surface area contributed by atoms with Gasteiger partial charge in [0.1, 0.15) is 0 Å². The van der Waals surface area contributed by atoms with Gasteiger partial charge < -0.3 is 10.3 Å². The van der Waals surface area contributed by atoms with Crippen molar-refractivity contribution >= 4 is 33.8 Å². The molecule has 0 spiro atoms. The number of fused-ring (bicyclic) bond motifs is 1. The largest absolute Gasteiger partial charge is 0.382 e. The second-order valence-corrected chi connectivity index (χ2v) is 6.91. The summed E-state index contributed by atoms with van der Waals surface area (Å²) < 4.78 is 0. The highest BCUT2D eigenvalue weighted by Crippen LogP contribution is 2.39. The molecule has 1 saturated carbocycles. The van der Waals surface area contributed by atoms with Gasteiger partial charge in [0, 0.05) is 32.7 Å². The first-order valence-electron chi connectivity index (χ1n) is 8.40. The van der Waals surface area contributed by atoms with Crippen molar-refractivity contribution in [2.75, 3.05) is 21.1 Å². The molecule has 2 aromatic rings. The summed E-state index contributed by atoms with van der Waals surface area (Å²) in [7, 11) is 5.83. The Hall–Kier alpha value is -2.01. The van der Waals surface area contributed by atoms with Gasteiger partial charge in [0.25, 0.3) is 0 Å². The van der Waals surface area contributed by atoms with Crippen LogP contribution in [0.2, 0.25) is 0 Å². The molecule has 1 aromatic heterocycles. The van der Waals surface area contributed by atoms with Crippen molar-refractivity contribution < 1.29 is 0 Å². The molecule has 1 unspecified atom stereocenters. The zero-order valence-corrected chi connectivity index (χ0v) is 15.4. The lowest BCUT2D eigenvalue weighted by molar-refractivity contribution is 0.421. The van der Waals surface area contributed by atoms with Gasteiger partial charge in [0.15, 0.2) is 0 Å². The van der Waals surface area contributed by atoms with Crippen molar-refractivity contribution in [1.82, 2.24) is 15.3 Å². The molecule has 126 valence electrons. The van der Waals surface area contributed by atoms with Gasteiger partial charge in [0.05, 0.1) is 21.6 Å². The van der Waals surface area contributed by atoms with E-state index >= 15 is 0 Å². The molecule has 1 aromatic carbocycles. The van der Waals surface area contributed by atoms with Gasteiger partial charge in [-0.15, -0.1) is 0 Å². The third kappa shape index (κ3) is 2.88. The van der Waals surface area contributed by atoms with Crippen LogP contribution in [0.25, 0.3) is 10.9 Å². The number of nitrogens with zero attached hydrogens (tertiary/aromatic N) is 3. The summed E-state index contributed by atoms with van der Waals surface area (Å²) in [6, 6.07) is 10.4. The highest BCUT2D eigenvalue weighted by Gasteiger charge is 2.44. The Balaban J connectivity index is 2.21. The number of likely N-dealkylation sites (N-methyl/N-ethyl adjacent to an activating group) is 1. The molecule has 1 aliphatic carbocycles. The molecule has 24 heavy (non-hydrogen) atoms. The second-order valence-electron chi connectivity index (χ2n) is 6.50. The van der Waals surface area contributed by atoms with Crippen LogP contribution in [0, 0.1) is 0 Å². The summed E-state index contributed by atoms with van der Waals surface area (Å²) in [6.07, 6.45) is 6.21. The average Bonchev–Trinajstić information content (AvgIpc) is 2.60. The number of nitrogens with one attached hydrogen (secondary N) is 1. The van der Waals surface area contributed by atoms with Crippen LogP contribution >= 0.6 is 12.2 Å². The highest BCUT2D eigenvalue weighted by atomic mass is 32.1. The smallest absolute Gasteiger partial charge is 0.0916 e. The molecule has 0 amide bonds. The molecule has 0 saturated heterocycles. The molecule has 1 heterocycles. The van der Waals surface area contributed by atoms with E-state index in [4.69, 9.17) is 17.3 Å². The quantitative estimate of drug-likeness (QED) is 0.686. The molecule has 0 aliphatic heterocycles. The predicted molar refractivity (Wildman–Crippen MR) is 105 cm³/mol. The normalized spacial score (nSPS) is 22.5. The number of hydrogen-bond donors (Lipinski definition) is 1. The summed E-state index contributed by atoms with van der Waals surface area (Å²) in [6.45, 7) is 0. The van der Waals surface area contributed by atoms with Gasteiger partial charge >= 0.3 is 0 Å². The van der Waals surface area contributed by atoms with Crippen molar-refractivity contribution in [3.63, 3.8) is 0 Å². The maximum atomic E-state index is 5.78. The van der Waals surface area contributed by atoms with Crippen molar-refractivity contribution in [2.45, 2.75) is 31.1 Å². The van der Waals surface area contributed by atoms with Crippen LogP contribution in [0.4, 0.5) is 0 Å². The first-order chi connectivity index (χ1) is 11.6. The van der Waals surface area contributed by atoms with E-state index in [1.165, 1.54) is 0 Å². The van der Waals surface area contributed by atoms with E-state index in [-0.39, 0.29) is 5.41 Å². The van der Waals surface area contributed by atoms with E-state index in [0.29, 0.717) is 0 Å². The number of pyridine rings is 1. The SMILES string of the molecule is CNC(=S)C1(c2cnc3ccccc3c2)CCCCC1=NN(C)C. The van der Waals surface area contributed by atoms with Crippen molar-refractivity contribution in [1.29, 1.82) is 0 Å². The number of rotatable bonds is 3. The molecule has 1 atom stereocenters. The van der Waals surface area contributed by atoms with Gasteiger partial charge in [-0.25, -0.2) is 0 Å². The molecule has 0 bridgehead atoms. The molecule has 3 rings (SSSR count). The number of para-hydroxylation sites is 1. The van der Waals surface area contributed by atoms with Gasteiger partial charge in [0.2, 0.25) is 0 Å². The van der Waals surface area contributed by atoms with Crippen LogP contribution in [0.1, 0.15) is 31.2 Å². The summed E-state index contributed by atoms with van der Waals surface area (Å²) in [5, 5.41) is 11.1. The van der Waals surface area contributed by atoms with Crippen LogP contribution in [-0.2, 0) is 5.41 Å². The third-order valence-corrected chi connectivity index (χ3v) is 5.28. The Labute approximate surface area is 149 Å². The summed E-state index contributed by atoms with van der Waals surface area (Å²) in [4.78, 5) is 5.51. The Morgan fingerprint density at radius 3 is 2.83 bits per heavy atom. The van der Waals surface area contributed by atoms with E-state index in [0.717, 1.165) is 52.8 Å². The fraction of sp³-hybridized carbons (Fsp3) is 0.421. The summed E-state index contributed by atoms with van der Waals surface area (Å²) in [5.74, 6) is 0. The lowest BCUT2D eigenvalue weighted by Crippen LogP contribution is -2.50. The third-order valence-electron chi connectivity index (χ3n) is 4.73. The number of benzene rings is 1. The van der Waals surface area contributed by atoms with Gasteiger partial charge in [-0.3, -0.25) is 4.98 Å². The molecule has 1 fully saturated rings. The lowest BCUT2D eigenvalue weighted by atomic mass is 9.68. The van der Waals surface area contributed by atoms with Crippen LogP contribution in [-0.4, -0.2) is 41.8 Å². The first-order valence-corrected chi connectivity index (χ1v) is 8.81. The Kier molecular flexibility index (Phi) is 4.81. The topological polar surface area (TPSA) is 40.5 Å². The molecule has 0 radical (unpaired) electrons. The number of aromatic nitrogens is 1. The number of hydrazone groups is 1. The molecule has 1 aliphatic rings. The van der Waals surface area contributed by atoms with E-state index in [2.05, 4.69) is 22.4 Å². The minimum Gasteiger partial charge on any atom is -0.382 e. The molecule has 4 nitrogen and oxygen atoms in total. The minimum absolute atomic E-state index is 0.358. The van der Waals surface area contributed by atoms with Crippen LogP contribution in [0.5, 0.6) is 0 Å². The Bertz CT molecular complexity index is 784. The van der Waals surface area contributed by atoms with Crippen LogP contribution in [0.3, 0.4) is 0 Å². The van der Waals surface area contributed by atoms with E-state index < -0.39 is 0 Å². The van der Waals surface area contributed by atoms with Crippen LogP contribution in [0.15, 0.2) is 41.6 Å². The van der Waals surface area contributed by atoms with E-state index in [1.54, 1.807) is 0 Å². The summed E-state index contributed by atoms with van der Waals surface area (Å²) >= 11 is 5.78. The van der Waals surface area contributed by atoms with Crippen molar-refractivity contribution in [3.8, 4) is 0 Å². The highest BCUT2D eigenvalue weighted by molar-refractivity contribution is 7.80. The zero-order valence-electron chi connectivity index (χ0n) is 14.5. The van der Waals surface area contributed by atoms with Gasteiger partial charge in [-0.1, -0.05) is 36.8 Å². The van der Waals surface area contributed by atoms with Crippen molar-refractivity contribution in [3.05, 3.63) is 42.1 Å². The van der Waals surface area contributed by atoms with Gasteiger partial charge in [-0.2, -0.15) is 5.10 Å². The average molecular weight is 340 g/mol. The second kappa shape index (κ2) is 6.85. The number of hydrogen-bond acceptors (Lipinski definition) is 4. The van der Waals surface area contributed by atoms with Crippen molar-refractivity contribution in [2.24, 2.45) is 5.10 Å². The molecule has 1 N–H and O–H groups in total. The van der Waals surface area contributed by atoms with E-state index in [9.17, 15) is 0 Å². The molecule has 5 heteroatoms. The molecular weight excluding hydrogens is 316 g/mol.